The van der Waals surface area contributed by atoms with Crippen molar-refractivity contribution >= 4 is 29.3 Å². The van der Waals surface area contributed by atoms with E-state index in [2.05, 4.69) is 0 Å². The highest BCUT2D eigenvalue weighted by atomic mass is 16.2. The minimum Gasteiger partial charge on any atom is -0.347 e. The summed E-state index contributed by atoms with van der Waals surface area (Å²) in [4.78, 5) is 62.9. The summed E-state index contributed by atoms with van der Waals surface area (Å²) in [6.07, 6.45) is 2.21. The molecule has 3 aliphatic rings. The van der Waals surface area contributed by atoms with Gasteiger partial charge in [0.25, 0.3) is 5.56 Å². The molecule has 3 aromatic rings. The van der Waals surface area contributed by atoms with E-state index < -0.39 is 29.3 Å². The van der Waals surface area contributed by atoms with Crippen molar-refractivity contribution in [2.45, 2.75) is 25.8 Å². The lowest BCUT2D eigenvalue weighted by atomic mass is 9.65. The average Bonchev–Trinajstić information content (AvgIpc) is 2.86. The van der Waals surface area contributed by atoms with Gasteiger partial charge in [-0.2, -0.15) is 0 Å². The highest BCUT2D eigenvalue weighted by molar-refractivity contribution is 6.20. The van der Waals surface area contributed by atoms with Crippen molar-refractivity contribution in [2.75, 3.05) is 25.5 Å². The SMILES string of the molecule is Cc1cccn2c(=O)c3c(nc12)N1CCc2ccccc2[C@H]1C1(C3)C(=O)N(C)C(=O)N(C)C1=O. The molecule has 9 heteroatoms. The van der Waals surface area contributed by atoms with Crippen molar-refractivity contribution in [3.63, 3.8) is 0 Å². The van der Waals surface area contributed by atoms with Gasteiger partial charge >= 0.3 is 6.03 Å². The van der Waals surface area contributed by atoms with E-state index in [0.717, 1.165) is 26.5 Å². The Hall–Kier alpha value is -4.01. The van der Waals surface area contributed by atoms with E-state index in [1.54, 1.807) is 12.3 Å². The number of carbonyl (C=O) groups excluding carboxylic acids is 3. The van der Waals surface area contributed by atoms with Crippen molar-refractivity contribution in [3.05, 3.63) is 75.2 Å². The maximum Gasteiger partial charge on any atom is 0.332 e. The molecule has 34 heavy (non-hydrogen) atoms. The topological polar surface area (TPSA) is 95.3 Å². The second kappa shape index (κ2) is 6.75. The van der Waals surface area contributed by atoms with E-state index in [-0.39, 0.29) is 12.0 Å². The zero-order valence-corrected chi connectivity index (χ0v) is 19.1. The van der Waals surface area contributed by atoms with Crippen LogP contribution in [0.5, 0.6) is 0 Å². The molecule has 1 saturated heterocycles. The van der Waals surface area contributed by atoms with Gasteiger partial charge in [0.2, 0.25) is 11.8 Å². The molecule has 1 spiro atoms. The smallest absolute Gasteiger partial charge is 0.332 e. The summed E-state index contributed by atoms with van der Waals surface area (Å²) in [7, 11) is 2.78. The van der Waals surface area contributed by atoms with Crippen LogP contribution in [-0.4, -0.2) is 57.7 Å². The molecule has 0 saturated carbocycles. The molecule has 3 aliphatic heterocycles. The van der Waals surface area contributed by atoms with Crippen LogP contribution in [-0.2, 0) is 22.4 Å². The molecule has 9 nitrogen and oxygen atoms in total. The van der Waals surface area contributed by atoms with Gasteiger partial charge in [-0.25, -0.2) is 9.78 Å². The Balaban J connectivity index is 1.71. The number of pyridine rings is 1. The summed E-state index contributed by atoms with van der Waals surface area (Å²) >= 11 is 0. The fraction of sp³-hybridized carbons (Fsp3) is 0.320. The van der Waals surface area contributed by atoms with Crippen LogP contribution >= 0.6 is 0 Å². The zero-order valence-electron chi connectivity index (χ0n) is 19.1. The Morgan fingerprint density at radius 1 is 0.971 bits per heavy atom. The van der Waals surface area contributed by atoms with Gasteiger partial charge in [-0.3, -0.25) is 28.6 Å². The number of aryl methyl sites for hydroxylation is 1. The molecule has 6 rings (SSSR count). The minimum atomic E-state index is -1.65. The Labute approximate surface area is 195 Å². The van der Waals surface area contributed by atoms with Crippen LogP contribution in [0.4, 0.5) is 10.6 Å². The van der Waals surface area contributed by atoms with Gasteiger partial charge in [-0.1, -0.05) is 30.3 Å². The number of rotatable bonds is 0. The van der Waals surface area contributed by atoms with Crippen LogP contribution < -0.4 is 10.5 Å². The number of fused-ring (bicyclic) bond motifs is 7. The molecule has 0 aliphatic carbocycles. The van der Waals surface area contributed by atoms with E-state index in [0.29, 0.717) is 30.0 Å². The van der Waals surface area contributed by atoms with Crippen LogP contribution in [0, 0.1) is 12.3 Å². The van der Waals surface area contributed by atoms with E-state index in [1.807, 2.05) is 42.2 Å². The number of aromatic nitrogens is 2. The van der Waals surface area contributed by atoms with Gasteiger partial charge in [-0.05, 0) is 36.1 Å². The Morgan fingerprint density at radius 2 is 1.68 bits per heavy atom. The largest absolute Gasteiger partial charge is 0.347 e. The number of nitrogens with zero attached hydrogens (tertiary/aromatic N) is 5. The molecule has 172 valence electrons. The molecule has 0 unspecified atom stereocenters. The standard InChI is InChI=1S/C25H23N5O4/c1-14-7-6-11-30-19(14)26-20-17(21(30)31)13-25(22(32)27(2)24(34)28(3)23(25)33)18-16-9-5-4-8-15(16)10-12-29(18)20/h4-9,11,18H,10,12-13H2,1-3H3/t18-/m0/s1. The van der Waals surface area contributed by atoms with E-state index >= 15 is 0 Å². The summed E-state index contributed by atoms with van der Waals surface area (Å²) in [5.74, 6) is -0.675. The highest BCUT2D eigenvalue weighted by Gasteiger charge is 2.65. The van der Waals surface area contributed by atoms with Gasteiger partial charge in [0, 0.05) is 33.3 Å². The molecule has 2 aromatic heterocycles. The Bertz CT molecular complexity index is 1470. The van der Waals surface area contributed by atoms with Crippen molar-refractivity contribution in [1.82, 2.24) is 19.2 Å². The summed E-state index contributed by atoms with van der Waals surface area (Å²) < 4.78 is 1.47. The second-order valence-electron chi connectivity index (χ2n) is 9.31. The molecule has 0 bridgehead atoms. The van der Waals surface area contributed by atoms with Crippen molar-refractivity contribution in [2.24, 2.45) is 5.41 Å². The first-order valence-electron chi connectivity index (χ1n) is 11.2. The first-order chi connectivity index (χ1) is 16.3. The van der Waals surface area contributed by atoms with E-state index in [1.165, 1.54) is 18.5 Å². The second-order valence-corrected chi connectivity index (χ2v) is 9.31. The number of anilines is 1. The van der Waals surface area contributed by atoms with Crippen molar-refractivity contribution in [1.29, 1.82) is 0 Å². The lowest BCUT2D eigenvalue weighted by Gasteiger charge is -2.54. The van der Waals surface area contributed by atoms with Crippen LogP contribution in [0.15, 0.2) is 47.4 Å². The highest BCUT2D eigenvalue weighted by Crippen LogP contribution is 2.53. The lowest BCUT2D eigenvalue weighted by Crippen LogP contribution is -2.69. The number of amides is 4. The molecule has 0 N–H and O–H groups in total. The monoisotopic (exact) mass is 457 g/mol. The third-order valence-electron chi connectivity index (χ3n) is 7.55. The maximum atomic E-state index is 13.9. The lowest BCUT2D eigenvalue weighted by molar-refractivity contribution is -0.159. The molecule has 5 heterocycles. The molecular formula is C25H23N5O4. The molecule has 1 aromatic carbocycles. The fourth-order valence-electron chi connectivity index (χ4n) is 5.89. The number of benzene rings is 1. The van der Waals surface area contributed by atoms with Crippen LogP contribution in [0.1, 0.15) is 28.3 Å². The zero-order chi connectivity index (χ0) is 23.9. The molecule has 4 amide bonds. The Kier molecular flexibility index (Phi) is 4.09. The fourth-order valence-corrected chi connectivity index (χ4v) is 5.89. The number of urea groups is 1. The number of hydrogen-bond donors (Lipinski definition) is 0. The number of imide groups is 2. The summed E-state index contributed by atoms with van der Waals surface area (Å²) in [6.45, 7) is 2.39. The Morgan fingerprint density at radius 3 is 2.41 bits per heavy atom. The summed E-state index contributed by atoms with van der Waals surface area (Å²) in [5.41, 5.74) is 1.66. The first kappa shape index (κ1) is 20.6. The first-order valence-corrected chi connectivity index (χ1v) is 11.2. The van der Waals surface area contributed by atoms with Crippen molar-refractivity contribution < 1.29 is 14.4 Å². The average molecular weight is 457 g/mol. The quantitative estimate of drug-likeness (QED) is 0.477. The third-order valence-corrected chi connectivity index (χ3v) is 7.55. The maximum absolute atomic E-state index is 13.9. The van der Waals surface area contributed by atoms with Gasteiger partial charge < -0.3 is 4.90 Å². The van der Waals surface area contributed by atoms with Gasteiger partial charge in [0.05, 0.1) is 11.6 Å². The number of carbonyl (C=O) groups is 3. The predicted octanol–water partition coefficient (Wildman–Crippen LogP) is 1.70. The number of barbiturate groups is 1. The third kappa shape index (κ3) is 2.36. The van der Waals surface area contributed by atoms with Crippen LogP contribution in [0.3, 0.4) is 0 Å². The summed E-state index contributed by atoms with van der Waals surface area (Å²) in [5, 5.41) is 0. The van der Waals surface area contributed by atoms with Gasteiger partial charge in [0.1, 0.15) is 11.5 Å². The molecule has 0 radical (unpaired) electrons. The molecular weight excluding hydrogens is 434 g/mol. The van der Waals surface area contributed by atoms with Crippen molar-refractivity contribution in [3.8, 4) is 0 Å². The minimum absolute atomic E-state index is 0.125. The summed E-state index contributed by atoms with van der Waals surface area (Å²) in [6, 6.07) is 10.1. The van der Waals surface area contributed by atoms with Gasteiger partial charge in [-0.15, -0.1) is 0 Å². The predicted molar refractivity (Wildman–Crippen MR) is 124 cm³/mol. The van der Waals surface area contributed by atoms with E-state index in [9.17, 15) is 19.2 Å². The van der Waals surface area contributed by atoms with Crippen LogP contribution in [0.2, 0.25) is 0 Å². The van der Waals surface area contributed by atoms with Crippen LogP contribution in [0.25, 0.3) is 5.65 Å². The normalized spacial score (nSPS) is 21.1. The molecule has 1 fully saturated rings. The number of hydrogen-bond acceptors (Lipinski definition) is 6. The van der Waals surface area contributed by atoms with Gasteiger partial charge in [0.15, 0.2) is 5.41 Å². The molecule has 1 atom stereocenters. The van der Waals surface area contributed by atoms with E-state index in [4.69, 9.17) is 4.98 Å².